The normalized spacial score (nSPS) is 11.2. The molecule has 3 aromatic rings. The lowest BCUT2D eigenvalue weighted by Gasteiger charge is -2.06. The Balaban J connectivity index is 1.51. The minimum absolute atomic E-state index is 0.116. The van der Waals surface area contributed by atoms with Gasteiger partial charge < -0.3 is 15.9 Å². The molecule has 2 aromatic carbocycles. The van der Waals surface area contributed by atoms with Gasteiger partial charge in [0.25, 0.3) is 5.95 Å². The minimum Gasteiger partial charge on any atom is -0.497 e. The zero-order valence-electron chi connectivity index (χ0n) is 16.7. The number of benzene rings is 2. The predicted octanol–water partition coefficient (Wildman–Crippen LogP) is 2.25. The molecule has 1 heterocycles. The number of nitrogen functional groups attached to an aromatic ring is 1. The third-order valence-electron chi connectivity index (χ3n) is 4.16. The van der Waals surface area contributed by atoms with Crippen LogP contribution < -0.4 is 21.3 Å². The molecular weight excluding hydrogens is 402 g/mol. The quantitative estimate of drug-likeness (QED) is 0.208. The topological polar surface area (TPSA) is 119 Å². The summed E-state index contributed by atoms with van der Waals surface area (Å²) in [6, 6.07) is 17.2. The van der Waals surface area contributed by atoms with Crippen LogP contribution in [-0.2, 0) is 11.3 Å². The molecular formula is C20H23N7O2S. The number of anilines is 1. The van der Waals surface area contributed by atoms with E-state index in [-0.39, 0.29) is 17.6 Å². The van der Waals surface area contributed by atoms with Gasteiger partial charge >= 0.3 is 0 Å². The summed E-state index contributed by atoms with van der Waals surface area (Å²) in [6.45, 7) is 2.33. The second-order valence-corrected chi connectivity index (χ2v) is 7.21. The summed E-state index contributed by atoms with van der Waals surface area (Å²) >= 11 is 1.20. The zero-order chi connectivity index (χ0) is 21.3. The van der Waals surface area contributed by atoms with Crippen molar-refractivity contribution in [1.29, 1.82) is 0 Å². The van der Waals surface area contributed by atoms with Gasteiger partial charge in [-0.2, -0.15) is 5.10 Å². The highest BCUT2D eigenvalue weighted by Crippen LogP contribution is 2.17. The molecule has 0 unspecified atom stereocenters. The Labute approximate surface area is 178 Å². The van der Waals surface area contributed by atoms with Crippen LogP contribution in [0.3, 0.4) is 0 Å². The Morgan fingerprint density at radius 3 is 2.60 bits per heavy atom. The zero-order valence-corrected chi connectivity index (χ0v) is 17.5. The van der Waals surface area contributed by atoms with E-state index in [9.17, 15) is 4.79 Å². The molecule has 0 aliphatic heterocycles. The fourth-order valence-electron chi connectivity index (χ4n) is 2.46. The molecule has 30 heavy (non-hydrogen) atoms. The number of nitrogens with two attached hydrogens (primary N) is 1. The average molecular weight is 426 g/mol. The van der Waals surface area contributed by atoms with Crippen molar-refractivity contribution in [2.24, 2.45) is 5.10 Å². The molecule has 0 aliphatic rings. The minimum atomic E-state index is -0.116. The summed E-state index contributed by atoms with van der Waals surface area (Å²) in [4.78, 5) is 12.0. The second-order valence-electron chi connectivity index (χ2n) is 6.26. The molecule has 10 heteroatoms. The van der Waals surface area contributed by atoms with Gasteiger partial charge in [-0.3, -0.25) is 4.79 Å². The first-order valence-electron chi connectivity index (χ1n) is 9.15. The van der Waals surface area contributed by atoms with Crippen molar-refractivity contribution in [3.05, 3.63) is 65.7 Å². The molecule has 0 spiro atoms. The van der Waals surface area contributed by atoms with Gasteiger partial charge in [-0.1, -0.05) is 42.1 Å². The molecule has 156 valence electrons. The van der Waals surface area contributed by atoms with Crippen molar-refractivity contribution in [2.75, 3.05) is 24.1 Å². The summed E-state index contributed by atoms with van der Waals surface area (Å²) in [7, 11) is 1.62. The molecule has 0 atom stereocenters. The van der Waals surface area contributed by atoms with Gasteiger partial charge in [-0.25, -0.2) is 10.1 Å². The molecule has 1 aromatic heterocycles. The molecule has 0 bridgehead atoms. The highest BCUT2D eigenvalue weighted by molar-refractivity contribution is 7.99. The first-order chi connectivity index (χ1) is 14.6. The van der Waals surface area contributed by atoms with Gasteiger partial charge in [0.15, 0.2) is 0 Å². The smallest absolute Gasteiger partial charge is 0.264 e. The van der Waals surface area contributed by atoms with Crippen LogP contribution in [0.2, 0.25) is 0 Å². The molecule has 0 fully saturated rings. The fraction of sp³-hybridized carbons (Fsp3) is 0.200. The fourth-order valence-corrected chi connectivity index (χ4v) is 3.15. The molecule has 0 radical (unpaired) electrons. The Morgan fingerprint density at radius 1 is 1.17 bits per heavy atom. The number of ether oxygens (including phenoxy) is 1. The number of thioether (sulfide) groups is 1. The van der Waals surface area contributed by atoms with Crippen LogP contribution in [-0.4, -0.2) is 39.4 Å². The lowest BCUT2D eigenvalue weighted by Crippen LogP contribution is -2.25. The van der Waals surface area contributed by atoms with E-state index in [0.29, 0.717) is 11.7 Å². The van der Waals surface area contributed by atoms with Gasteiger partial charge in [-0.15, -0.1) is 10.2 Å². The Kier molecular flexibility index (Phi) is 7.28. The first kappa shape index (κ1) is 21.2. The maximum absolute atomic E-state index is 12.0. The van der Waals surface area contributed by atoms with E-state index in [1.165, 1.54) is 16.4 Å². The van der Waals surface area contributed by atoms with Gasteiger partial charge in [0.2, 0.25) is 11.1 Å². The van der Waals surface area contributed by atoms with E-state index in [2.05, 4.69) is 26.0 Å². The number of hydrazone groups is 1. The summed E-state index contributed by atoms with van der Waals surface area (Å²) in [5.41, 5.74) is 5.51. The number of hydrogen-bond donors (Lipinski definition) is 3. The van der Waals surface area contributed by atoms with Crippen LogP contribution in [0.25, 0.3) is 0 Å². The van der Waals surface area contributed by atoms with E-state index >= 15 is 0 Å². The van der Waals surface area contributed by atoms with Crippen LogP contribution in [0.5, 0.6) is 5.75 Å². The second kappa shape index (κ2) is 10.3. The maximum Gasteiger partial charge on any atom is 0.264 e. The summed E-state index contributed by atoms with van der Waals surface area (Å²) in [5.74, 6) is 7.12. The average Bonchev–Trinajstić information content (AvgIpc) is 3.14. The third kappa shape index (κ3) is 5.74. The van der Waals surface area contributed by atoms with Crippen molar-refractivity contribution in [2.45, 2.75) is 18.6 Å². The van der Waals surface area contributed by atoms with Crippen molar-refractivity contribution in [3.8, 4) is 5.75 Å². The Bertz CT molecular complexity index is 1000. The van der Waals surface area contributed by atoms with Crippen molar-refractivity contribution in [1.82, 2.24) is 20.2 Å². The molecule has 0 aliphatic carbocycles. The lowest BCUT2D eigenvalue weighted by molar-refractivity contribution is -0.118. The molecule has 0 saturated carbocycles. The van der Waals surface area contributed by atoms with Gasteiger partial charge in [0.1, 0.15) is 5.75 Å². The largest absolute Gasteiger partial charge is 0.497 e. The molecule has 0 saturated heterocycles. The first-order valence-corrected chi connectivity index (χ1v) is 10.1. The van der Waals surface area contributed by atoms with E-state index in [1.807, 2.05) is 61.5 Å². The van der Waals surface area contributed by atoms with Crippen molar-refractivity contribution in [3.63, 3.8) is 0 Å². The molecule has 9 nitrogen and oxygen atoms in total. The van der Waals surface area contributed by atoms with Crippen LogP contribution in [0.15, 0.2) is 64.9 Å². The van der Waals surface area contributed by atoms with E-state index < -0.39 is 0 Å². The number of carbonyl (C=O) groups excluding carboxylic acids is 1. The number of nitrogens with zero attached hydrogens (tertiary/aromatic N) is 4. The summed E-state index contributed by atoms with van der Waals surface area (Å²) in [6.07, 6.45) is 0. The SMILES string of the molecule is COc1ccc(/C(C)=N/Nc2nnc(SCC(=O)NCc3ccccc3)n2N)cc1. The highest BCUT2D eigenvalue weighted by atomic mass is 32.2. The lowest BCUT2D eigenvalue weighted by atomic mass is 10.1. The number of nitrogens with one attached hydrogen (secondary N) is 2. The molecule has 1 amide bonds. The number of amides is 1. The Morgan fingerprint density at radius 2 is 1.90 bits per heavy atom. The molecule has 3 rings (SSSR count). The summed E-state index contributed by atoms with van der Waals surface area (Å²) in [5, 5.41) is 15.5. The van der Waals surface area contributed by atoms with Crippen LogP contribution in [0.4, 0.5) is 5.95 Å². The van der Waals surface area contributed by atoms with E-state index in [0.717, 1.165) is 22.6 Å². The monoisotopic (exact) mass is 425 g/mol. The van der Waals surface area contributed by atoms with E-state index in [4.69, 9.17) is 10.6 Å². The van der Waals surface area contributed by atoms with Crippen LogP contribution >= 0.6 is 11.8 Å². The Hall–Kier alpha value is -3.53. The molecule has 4 N–H and O–H groups in total. The predicted molar refractivity (Wildman–Crippen MR) is 118 cm³/mol. The highest BCUT2D eigenvalue weighted by Gasteiger charge is 2.12. The van der Waals surface area contributed by atoms with Gasteiger partial charge in [0, 0.05) is 6.54 Å². The number of hydrogen-bond acceptors (Lipinski definition) is 8. The van der Waals surface area contributed by atoms with Crippen molar-refractivity contribution >= 4 is 29.3 Å². The number of carbonyl (C=O) groups is 1. The standard InChI is InChI=1S/C20H23N7O2S/c1-14(16-8-10-17(29-2)11-9-16)23-24-19-25-26-20(27(19)21)30-13-18(28)22-12-15-6-4-3-5-7-15/h3-11H,12-13,21H2,1-2H3,(H,22,28)(H,24,25)/b23-14+. The van der Waals surface area contributed by atoms with E-state index in [1.54, 1.807) is 7.11 Å². The van der Waals surface area contributed by atoms with Crippen LogP contribution in [0.1, 0.15) is 18.1 Å². The van der Waals surface area contributed by atoms with Crippen molar-refractivity contribution < 1.29 is 9.53 Å². The van der Waals surface area contributed by atoms with Gasteiger partial charge in [-0.05, 0) is 42.3 Å². The number of aromatic nitrogens is 3. The summed E-state index contributed by atoms with van der Waals surface area (Å²) < 4.78 is 6.41. The number of rotatable bonds is 9. The number of methoxy groups -OCH3 is 1. The van der Waals surface area contributed by atoms with Gasteiger partial charge in [0.05, 0.1) is 18.6 Å². The third-order valence-corrected chi connectivity index (χ3v) is 5.10. The van der Waals surface area contributed by atoms with Crippen LogP contribution in [0, 0.1) is 0 Å². The maximum atomic E-state index is 12.0.